The Hall–Kier alpha value is -0.940. The van der Waals surface area contributed by atoms with E-state index in [-0.39, 0.29) is 17.3 Å². The van der Waals surface area contributed by atoms with E-state index in [1.807, 2.05) is 6.92 Å². The number of hydrogen-bond acceptors (Lipinski definition) is 3. The van der Waals surface area contributed by atoms with Gasteiger partial charge in [-0.05, 0) is 31.0 Å². The Morgan fingerprint density at radius 3 is 2.56 bits per heavy atom. The number of nitrogens with one attached hydrogen (secondary N) is 1. The van der Waals surface area contributed by atoms with Crippen LogP contribution in [-0.2, 0) is 16.3 Å². The van der Waals surface area contributed by atoms with Gasteiger partial charge in [0, 0.05) is 12.3 Å². The van der Waals surface area contributed by atoms with Crippen molar-refractivity contribution in [3.8, 4) is 0 Å². The molecule has 0 unspecified atom stereocenters. The lowest BCUT2D eigenvalue weighted by Crippen LogP contribution is -2.26. The summed E-state index contributed by atoms with van der Waals surface area (Å²) in [5.41, 5.74) is 0.654. The minimum atomic E-state index is -2.92. The van der Waals surface area contributed by atoms with Crippen LogP contribution in [0.5, 0.6) is 0 Å². The molecule has 1 N–H and O–H groups in total. The number of rotatable bonds is 8. The first-order chi connectivity index (χ1) is 8.55. The molecule has 0 aliphatic rings. The van der Waals surface area contributed by atoms with Gasteiger partial charge in [-0.3, -0.25) is 0 Å². The SMILES string of the molecule is CCCS(=O)(=O)CCNCCc1ccccc1F. The van der Waals surface area contributed by atoms with E-state index in [4.69, 9.17) is 0 Å². The van der Waals surface area contributed by atoms with Crippen LogP contribution >= 0.6 is 0 Å². The van der Waals surface area contributed by atoms with Crippen LogP contribution < -0.4 is 5.32 Å². The first-order valence-corrected chi connectivity index (χ1v) is 8.02. The minimum Gasteiger partial charge on any atom is -0.315 e. The maximum Gasteiger partial charge on any atom is 0.151 e. The maximum atomic E-state index is 13.3. The molecule has 0 atom stereocenters. The van der Waals surface area contributed by atoms with E-state index >= 15 is 0 Å². The molecule has 1 aromatic rings. The topological polar surface area (TPSA) is 46.2 Å². The van der Waals surface area contributed by atoms with Crippen LogP contribution in [0.1, 0.15) is 18.9 Å². The van der Waals surface area contributed by atoms with Crippen LogP contribution in [0, 0.1) is 5.82 Å². The van der Waals surface area contributed by atoms with Gasteiger partial charge in [0.1, 0.15) is 5.82 Å². The molecule has 0 radical (unpaired) electrons. The van der Waals surface area contributed by atoms with E-state index < -0.39 is 9.84 Å². The molecule has 0 bridgehead atoms. The van der Waals surface area contributed by atoms with Gasteiger partial charge in [0.2, 0.25) is 0 Å². The van der Waals surface area contributed by atoms with Crippen molar-refractivity contribution in [1.29, 1.82) is 0 Å². The van der Waals surface area contributed by atoms with Crippen molar-refractivity contribution in [1.82, 2.24) is 5.32 Å². The van der Waals surface area contributed by atoms with Crippen LogP contribution in [-0.4, -0.2) is 33.0 Å². The molecule has 0 saturated heterocycles. The monoisotopic (exact) mass is 273 g/mol. The molecule has 0 aromatic heterocycles. The Kier molecular flexibility index (Phi) is 6.29. The molecule has 0 spiro atoms. The summed E-state index contributed by atoms with van der Waals surface area (Å²) in [5.74, 6) is 0.179. The fourth-order valence-electron chi connectivity index (χ4n) is 1.69. The van der Waals surface area contributed by atoms with Gasteiger partial charge in [-0.15, -0.1) is 0 Å². The van der Waals surface area contributed by atoms with Crippen molar-refractivity contribution >= 4 is 9.84 Å². The summed E-state index contributed by atoms with van der Waals surface area (Å²) in [6, 6.07) is 6.62. The lowest BCUT2D eigenvalue weighted by molar-refractivity contribution is 0.585. The van der Waals surface area contributed by atoms with Gasteiger partial charge < -0.3 is 5.32 Å². The van der Waals surface area contributed by atoms with Gasteiger partial charge in [-0.25, -0.2) is 12.8 Å². The highest BCUT2D eigenvalue weighted by Crippen LogP contribution is 2.06. The third kappa shape index (κ3) is 5.60. The van der Waals surface area contributed by atoms with Crippen molar-refractivity contribution in [3.63, 3.8) is 0 Å². The second-order valence-electron chi connectivity index (χ2n) is 4.24. The summed E-state index contributed by atoms with van der Waals surface area (Å²) in [4.78, 5) is 0. The highest BCUT2D eigenvalue weighted by molar-refractivity contribution is 7.91. The molecule has 1 aromatic carbocycles. The Bertz CT molecular complexity index is 460. The molecule has 1 rings (SSSR count). The summed E-state index contributed by atoms with van der Waals surface area (Å²) < 4.78 is 36.1. The zero-order chi connectivity index (χ0) is 13.4. The van der Waals surface area contributed by atoms with Gasteiger partial charge in [-0.2, -0.15) is 0 Å². The highest BCUT2D eigenvalue weighted by atomic mass is 32.2. The molecular weight excluding hydrogens is 253 g/mol. The zero-order valence-corrected chi connectivity index (χ0v) is 11.5. The third-order valence-electron chi connectivity index (χ3n) is 2.63. The van der Waals surface area contributed by atoms with Crippen LogP contribution in [0.3, 0.4) is 0 Å². The molecule has 18 heavy (non-hydrogen) atoms. The summed E-state index contributed by atoms with van der Waals surface area (Å²) in [7, 11) is -2.92. The molecule has 0 amide bonds. The van der Waals surface area contributed by atoms with E-state index in [1.165, 1.54) is 6.07 Å². The van der Waals surface area contributed by atoms with Crippen LogP contribution in [0.15, 0.2) is 24.3 Å². The normalized spacial score (nSPS) is 11.7. The minimum absolute atomic E-state index is 0.151. The average molecular weight is 273 g/mol. The van der Waals surface area contributed by atoms with Crippen LogP contribution in [0.25, 0.3) is 0 Å². The van der Waals surface area contributed by atoms with Crippen molar-refractivity contribution in [2.45, 2.75) is 19.8 Å². The number of sulfone groups is 1. The Morgan fingerprint density at radius 1 is 1.17 bits per heavy atom. The van der Waals surface area contributed by atoms with Crippen molar-refractivity contribution < 1.29 is 12.8 Å². The molecule has 3 nitrogen and oxygen atoms in total. The second kappa shape index (κ2) is 7.48. The van der Waals surface area contributed by atoms with Crippen LogP contribution in [0.2, 0.25) is 0 Å². The molecule has 0 aliphatic heterocycles. The lowest BCUT2D eigenvalue weighted by Gasteiger charge is -2.06. The first-order valence-electron chi connectivity index (χ1n) is 6.19. The zero-order valence-electron chi connectivity index (χ0n) is 10.7. The molecule has 0 aliphatic carbocycles. The Balaban J connectivity index is 2.22. The Labute approximate surface area is 108 Å². The summed E-state index contributed by atoms with van der Waals surface area (Å²) in [5, 5.41) is 3.03. The number of benzene rings is 1. The van der Waals surface area contributed by atoms with Gasteiger partial charge in [-0.1, -0.05) is 25.1 Å². The molecule has 0 heterocycles. The van der Waals surface area contributed by atoms with E-state index in [9.17, 15) is 12.8 Å². The quantitative estimate of drug-likeness (QED) is 0.734. The standard InChI is InChI=1S/C13H20FNO2S/c1-2-10-18(16,17)11-9-15-8-7-12-5-3-4-6-13(12)14/h3-6,15H,2,7-11H2,1H3. The summed E-state index contributed by atoms with van der Waals surface area (Å²) in [6.45, 7) is 2.86. The first kappa shape index (κ1) is 15.1. The largest absolute Gasteiger partial charge is 0.315 e. The average Bonchev–Trinajstić information content (AvgIpc) is 2.31. The van der Waals surface area contributed by atoms with Gasteiger partial charge in [0.05, 0.1) is 5.75 Å². The van der Waals surface area contributed by atoms with Gasteiger partial charge in [0.25, 0.3) is 0 Å². The van der Waals surface area contributed by atoms with E-state index in [1.54, 1.807) is 18.2 Å². The third-order valence-corrected chi connectivity index (χ3v) is 4.49. The summed E-state index contributed by atoms with van der Waals surface area (Å²) in [6.07, 6.45) is 1.22. The van der Waals surface area contributed by atoms with E-state index in [2.05, 4.69) is 5.32 Å². The van der Waals surface area contributed by atoms with Gasteiger partial charge in [0.15, 0.2) is 9.84 Å². The molecule has 0 fully saturated rings. The van der Waals surface area contributed by atoms with Crippen molar-refractivity contribution in [2.24, 2.45) is 0 Å². The molecule has 0 saturated carbocycles. The van der Waals surface area contributed by atoms with Crippen molar-refractivity contribution in [2.75, 3.05) is 24.6 Å². The van der Waals surface area contributed by atoms with E-state index in [0.29, 0.717) is 31.5 Å². The molecule has 5 heteroatoms. The predicted molar refractivity (Wildman–Crippen MR) is 71.9 cm³/mol. The van der Waals surface area contributed by atoms with Gasteiger partial charge >= 0.3 is 0 Å². The maximum absolute atomic E-state index is 13.3. The second-order valence-corrected chi connectivity index (χ2v) is 6.55. The number of hydrogen-bond donors (Lipinski definition) is 1. The highest BCUT2D eigenvalue weighted by Gasteiger charge is 2.08. The number of halogens is 1. The van der Waals surface area contributed by atoms with E-state index in [0.717, 1.165) is 0 Å². The molecular formula is C13H20FNO2S. The predicted octanol–water partition coefficient (Wildman–Crippen LogP) is 1.78. The lowest BCUT2D eigenvalue weighted by atomic mass is 10.1. The molecule has 102 valence electrons. The summed E-state index contributed by atoms with van der Waals surface area (Å²) >= 11 is 0. The van der Waals surface area contributed by atoms with Crippen molar-refractivity contribution in [3.05, 3.63) is 35.6 Å². The smallest absolute Gasteiger partial charge is 0.151 e. The fourth-order valence-corrected chi connectivity index (χ4v) is 2.97. The fraction of sp³-hybridized carbons (Fsp3) is 0.538. The Morgan fingerprint density at radius 2 is 1.89 bits per heavy atom. The van der Waals surface area contributed by atoms with Crippen LogP contribution in [0.4, 0.5) is 4.39 Å².